The molecule has 5 heteroatoms. The van der Waals surface area contributed by atoms with Crippen LogP contribution in [0, 0.1) is 11.6 Å². The van der Waals surface area contributed by atoms with Gasteiger partial charge in [-0.25, -0.2) is 8.78 Å². The van der Waals surface area contributed by atoms with E-state index < -0.39 is 11.6 Å². The Hall–Kier alpha value is -1.46. The summed E-state index contributed by atoms with van der Waals surface area (Å²) in [5.74, 6) is -1.13. The first kappa shape index (κ1) is 14.9. The van der Waals surface area contributed by atoms with E-state index in [0.29, 0.717) is 4.90 Å². The summed E-state index contributed by atoms with van der Waals surface area (Å²) in [7, 11) is 0. The number of aromatic nitrogens is 1. The zero-order valence-electron chi connectivity index (χ0n) is 11.1. The van der Waals surface area contributed by atoms with Crippen LogP contribution in [0.25, 0.3) is 0 Å². The van der Waals surface area contributed by atoms with Crippen molar-refractivity contribution in [1.82, 2.24) is 4.98 Å². The second-order valence-corrected chi connectivity index (χ2v) is 5.65. The van der Waals surface area contributed by atoms with Crippen molar-refractivity contribution in [3.63, 3.8) is 0 Å². The fraction of sp³-hybridized carbons (Fsp3) is 0.267. The molecule has 0 bridgehead atoms. The maximum atomic E-state index is 13.8. The molecule has 0 saturated heterocycles. The molecule has 106 valence electrons. The number of nitrogens with zero attached hydrogens (tertiary/aromatic N) is 1. The summed E-state index contributed by atoms with van der Waals surface area (Å²) in [6, 6.07) is 7.22. The number of hydrogen-bond donors (Lipinski definition) is 1. The number of hydrogen-bond acceptors (Lipinski definition) is 3. The highest BCUT2D eigenvalue weighted by molar-refractivity contribution is 7.99. The van der Waals surface area contributed by atoms with Crippen LogP contribution in [0.4, 0.5) is 8.78 Å². The summed E-state index contributed by atoms with van der Waals surface area (Å²) >= 11 is 1.32. The smallest absolute Gasteiger partial charge is 0.139 e. The van der Waals surface area contributed by atoms with Crippen molar-refractivity contribution >= 4 is 11.8 Å². The molecule has 2 aromatic rings. The SMILES string of the molecule is CCC(N)C(Sc1ccc(F)cc1F)c1ccncc1. The maximum Gasteiger partial charge on any atom is 0.139 e. The van der Waals surface area contributed by atoms with E-state index in [-0.39, 0.29) is 11.3 Å². The van der Waals surface area contributed by atoms with Gasteiger partial charge in [-0.2, -0.15) is 0 Å². The van der Waals surface area contributed by atoms with Gasteiger partial charge in [0.1, 0.15) is 11.6 Å². The predicted molar refractivity (Wildman–Crippen MR) is 77.5 cm³/mol. The first-order valence-corrected chi connectivity index (χ1v) is 7.27. The molecule has 2 atom stereocenters. The molecular formula is C15H16F2N2S. The fourth-order valence-electron chi connectivity index (χ4n) is 1.88. The van der Waals surface area contributed by atoms with Crippen molar-refractivity contribution in [2.75, 3.05) is 0 Å². The monoisotopic (exact) mass is 294 g/mol. The van der Waals surface area contributed by atoms with Gasteiger partial charge >= 0.3 is 0 Å². The lowest BCUT2D eigenvalue weighted by Gasteiger charge is -2.23. The van der Waals surface area contributed by atoms with E-state index >= 15 is 0 Å². The molecule has 2 nitrogen and oxygen atoms in total. The minimum absolute atomic E-state index is 0.0945. The Morgan fingerprint density at radius 1 is 1.20 bits per heavy atom. The van der Waals surface area contributed by atoms with Crippen LogP contribution in [0.15, 0.2) is 47.6 Å². The number of nitrogens with two attached hydrogens (primary N) is 1. The maximum absolute atomic E-state index is 13.8. The molecule has 20 heavy (non-hydrogen) atoms. The number of thioether (sulfide) groups is 1. The van der Waals surface area contributed by atoms with Crippen molar-refractivity contribution in [3.8, 4) is 0 Å². The van der Waals surface area contributed by atoms with Crippen molar-refractivity contribution in [3.05, 3.63) is 59.9 Å². The Bertz CT molecular complexity index is 563. The molecule has 2 rings (SSSR count). The van der Waals surface area contributed by atoms with Gasteiger partial charge in [0.2, 0.25) is 0 Å². The van der Waals surface area contributed by atoms with Gasteiger partial charge in [-0.15, -0.1) is 11.8 Å². The van der Waals surface area contributed by atoms with Crippen LogP contribution >= 0.6 is 11.8 Å². The van der Waals surface area contributed by atoms with Gasteiger partial charge in [0.15, 0.2) is 0 Å². The molecule has 0 spiro atoms. The summed E-state index contributed by atoms with van der Waals surface area (Å²) in [5.41, 5.74) is 7.13. The number of halogens is 2. The molecule has 1 aromatic carbocycles. The Labute approximate surface area is 121 Å². The van der Waals surface area contributed by atoms with Crippen LogP contribution in [0.1, 0.15) is 24.2 Å². The summed E-state index contributed by atoms with van der Waals surface area (Å²) < 4.78 is 26.7. The first-order chi connectivity index (χ1) is 9.61. The normalized spacial score (nSPS) is 14.0. The number of benzene rings is 1. The van der Waals surface area contributed by atoms with Gasteiger partial charge in [0.05, 0.1) is 0 Å². The summed E-state index contributed by atoms with van der Waals surface area (Å²) in [6.07, 6.45) is 4.14. The van der Waals surface area contributed by atoms with E-state index in [4.69, 9.17) is 5.73 Å². The zero-order chi connectivity index (χ0) is 14.5. The Balaban J connectivity index is 2.29. The van der Waals surface area contributed by atoms with Crippen molar-refractivity contribution in [2.45, 2.75) is 29.5 Å². The molecule has 1 heterocycles. The Morgan fingerprint density at radius 3 is 2.50 bits per heavy atom. The highest BCUT2D eigenvalue weighted by Crippen LogP contribution is 2.39. The molecular weight excluding hydrogens is 278 g/mol. The van der Waals surface area contributed by atoms with Crippen LogP contribution < -0.4 is 5.73 Å². The van der Waals surface area contributed by atoms with Crippen molar-refractivity contribution in [2.24, 2.45) is 5.73 Å². The van der Waals surface area contributed by atoms with Crippen LogP contribution in [0.2, 0.25) is 0 Å². The van der Waals surface area contributed by atoms with E-state index in [1.54, 1.807) is 12.4 Å². The fourth-order valence-corrected chi connectivity index (χ4v) is 3.13. The summed E-state index contributed by atoms with van der Waals surface area (Å²) in [4.78, 5) is 4.38. The van der Waals surface area contributed by atoms with E-state index in [2.05, 4.69) is 4.98 Å². The minimum atomic E-state index is -0.577. The van der Waals surface area contributed by atoms with Gasteiger partial charge in [-0.1, -0.05) is 6.92 Å². The van der Waals surface area contributed by atoms with E-state index in [9.17, 15) is 8.78 Å². The minimum Gasteiger partial charge on any atom is -0.326 e. The first-order valence-electron chi connectivity index (χ1n) is 6.39. The van der Waals surface area contributed by atoms with Gasteiger partial charge in [0.25, 0.3) is 0 Å². The summed E-state index contributed by atoms with van der Waals surface area (Å²) in [6.45, 7) is 1.99. The van der Waals surface area contributed by atoms with E-state index in [1.165, 1.54) is 23.9 Å². The Morgan fingerprint density at radius 2 is 1.90 bits per heavy atom. The Kier molecular flexibility index (Phi) is 5.09. The van der Waals surface area contributed by atoms with Gasteiger partial charge in [0, 0.05) is 34.6 Å². The molecule has 1 aromatic heterocycles. The number of pyridine rings is 1. The zero-order valence-corrected chi connectivity index (χ0v) is 11.9. The third-order valence-corrected chi connectivity index (χ3v) is 4.50. The van der Waals surface area contributed by atoms with Crippen molar-refractivity contribution in [1.29, 1.82) is 0 Å². The van der Waals surface area contributed by atoms with Gasteiger partial charge < -0.3 is 5.73 Å². The molecule has 0 fully saturated rings. The molecule has 0 aliphatic carbocycles. The van der Waals surface area contributed by atoms with Crippen LogP contribution in [0.3, 0.4) is 0 Å². The average Bonchev–Trinajstić information content (AvgIpc) is 2.46. The molecule has 2 unspecified atom stereocenters. The molecule has 0 saturated carbocycles. The van der Waals surface area contributed by atoms with Crippen LogP contribution in [-0.2, 0) is 0 Å². The lowest BCUT2D eigenvalue weighted by Crippen LogP contribution is -2.25. The van der Waals surface area contributed by atoms with Gasteiger partial charge in [-0.3, -0.25) is 4.98 Å². The van der Waals surface area contributed by atoms with Crippen molar-refractivity contribution < 1.29 is 8.78 Å². The van der Waals surface area contributed by atoms with Crippen LogP contribution in [0.5, 0.6) is 0 Å². The molecule has 0 radical (unpaired) electrons. The van der Waals surface area contributed by atoms with E-state index in [0.717, 1.165) is 18.1 Å². The van der Waals surface area contributed by atoms with Gasteiger partial charge in [-0.05, 0) is 36.2 Å². The molecule has 0 aliphatic heterocycles. The quantitative estimate of drug-likeness (QED) is 0.849. The lowest BCUT2D eigenvalue weighted by molar-refractivity contribution is 0.564. The highest BCUT2D eigenvalue weighted by Gasteiger charge is 2.21. The topological polar surface area (TPSA) is 38.9 Å². The molecule has 0 aliphatic rings. The standard InChI is InChI=1S/C15H16F2N2S/c1-2-13(18)15(10-5-7-19-8-6-10)20-14-4-3-11(16)9-12(14)17/h3-9,13,15H,2,18H2,1H3. The van der Waals surface area contributed by atoms with Crippen LogP contribution in [-0.4, -0.2) is 11.0 Å². The average molecular weight is 294 g/mol. The third kappa shape index (κ3) is 3.55. The molecule has 0 amide bonds. The molecule has 2 N–H and O–H groups in total. The second-order valence-electron chi connectivity index (χ2n) is 4.47. The lowest BCUT2D eigenvalue weighted by atomic mass is 10.1. The third-order valence-electron chi connectivity index (χ3n) is 3.04. The summed E-state index contributed by atoms with van der Waals surface area (Å²) in [5, 5.41) is -0.0945. The largest absolute Gasteiger partial charge is 0.326 e. The number of rotatable bonds is 5. The predicted octanol–water partition coefficient (Wildman–Crippen LogP) is 3.93. The van der Waals surface area contributed by atoms with E-state index in [1.807, 2.05) is 19.1 Å². The highest BCUT2D eigenvalue weighted by atomic mass is 32.2. The second kappa shape index (κ2) is 6.81.